The molecule has 0 saturated heterocycles. The topological polar surface area (TPSA) is 28.9 Å². The van der Waals surface area contributed by atoms with Crippen molar-refractivity contribution in [1.82, 2.24) is 4.98 Å². The lowest BCUT2D eigenvalue weighted by Gasteiger charge is -1.81. The molecule has 2 aromatic rings. The van der Waals surface area contributed by atoms with Crippen LogP contribution in [-0.2, 0) is 0 Å². The van der Waals surface area contributed by atoms with Crippen LogP contribution in [0.15, 0.2) is 10.7 Å². The quantitative estimate of drug-likeness (QED) is 0.624. The minimum atomic E-state index is -0.665. The number of aromatic amines is 1. The molecule has 58 valence electrons. The van der Waals surface area contributed by atoms with Crippen LogP contribution >= 0.6 is 0 Å². The maximum atomic E-state index is 12.9. The summed E-state index contributed by atoms with van der Waals surface area (Å²) in [6, 6.07) is 0. The number of fused-ring (bicyclic) bond motifs is 1. The van der Waals surface area contributed by atoms with Crippen LogP contribution < -0.4 is 0 Å². The zero-order valence-electron chi connectivity index (χ0n) is 5.74. The van der Waals surface area contributed by atoms with Gasteiger partial charge in [0.15, 0.2) is 11.6 Å². The molecule has 2 nitrogen and oxygen atoms in total. The highest BCUT2D eigenvalue weighted by Gasteiger charge is 2.15. The number of rotatable bonds is 0. The van der Waals surface area contributed by atoms with E-state index in [0.717, 1.165) is 6.26 Å². The Balaban J connectivity index is 2.95. The molecule has 0 atom stereocenters. The number of furan rings is 1. The van der Waals surface area contributed by atoms with E-state index in [1.807, 2.05) is 0 Å². The predicted octanol–water partition coefficient (Wildman–Crippen LogP) is 2.35. The Hall–Kier alpha value is -1.32. The number of nitrogens with one attached hydrogen (secondary N) is 1. The van der Waals surface area contributed by atoms with Crippen molar-refractivity contribution in [1.29, 1.82) is 0 Å². The van der Waals surface area contributed by atoms with E-state index in [1.54, 1.807) is 0 Å². The normalized spacial score (nSPS) is 11.2. The molecular weight excluding hydrogens is 152 g/mol. The van der Waals surface area contributed by atoms with Crippen molar-refractivity contribution in [3.05, 3.63) is 23.6 Å². The van der Waals surface area contributed by atoms with Gasteiger partial charge in [0.1, 0.15) is 11.6 Å². The van der Waals surface area contributed by atoms with E-state index < -0.39 is 11.6 Å². The monoisotopic (exact) mass is 157 g/mol. The maximum absolute atomic E-state index is 12.9. The average Bonchev–Trinajstić information content (AvgIpc) is 2.41. The van der Waals surface area contributed by atoms with Gasteiger partial charge in [-0.1, -0.05) is 0 Å². The third-order valence-electron chi connectivity index (χ3n) is 1.60. The van der Waals surface area contributed by atoms with E-state index in [9.17, 15) is 8.78 Å². The van der Waals surface area contributed by atoms with Crippen LogP contribution in [0.4, 0.5) is 8.78 Å². The first kappa shape index (κ1) is 6.39. The summed E-state index contributed by atoms with van der Waals surface area (Å²) in [4.78, 5) is 2.57. The highest BCUT2D eigenvalue weighted by Crippen LogP contribution is 2.24. The summed E-state index contributed by atoms with van der Waals surface area (Å²) >= 11 is 0. The highest BCUT2D eigenvalue weighted by atomic mass is 19.1. The third-order valence-corrected chi connectivity index (χ3v) is 1.60. The maximum Gasteiger partial charge on any atom is 0.210 e. The van der Waals surface area contributed by atoms with Crippen LogP contribution in [0.2, 0.25) is 0 Å². The zero-order chi connectivity index (χ0) is 8.01. The van der Waals surface area contributed by atoms with Crippen molar-refractivity contribution in [3.63, 3.8) is 0 Å². The van der Waals surface area contributed by atoms with Crippen molar-refractivity contribution in [2.24, 2.45) is 0 Å². The molecule has 11 heavy (non-hydrogen) atoms. The molecule has 0 unspecified atom stereocenters. The summed E-state index contributed by atoms with van der Waals surface area (Å²) in [7, 11) is 0. The fraction of sp³-hybridized carbons (Fsp3) is 0.143. The Morgan fingerprint density at radius 2 is 2.18 bits per heavy atom. The molecule has 1 N–H and O–H groups in total. The number of aryl methyl sites for hydroxylation is 1. The minimum Gasteiger partial charge on any atom is -0.445 e. The van der Waals surface area contributed by atoms with Gasteiger partial charge < -0.3 is 9.40 Å². The van der Waals surface area contributed by atoms with E-state index >= 15 is 0 Å². The second kappa shape index (κ2) is 1.84. The number of halogens is 2. The molecule has 2 aromatic heterocycles. The van der Waals surface area contributed by atoms with E-state index in [1.165, 1.54) is 6.92 Å². The first-order valence-electron chi connectivity index (χ1n) is 3.11. The van der Waals surface area contributed by atoms with Crippen LogP contribution in [0.3, 0.4) is 0 Å². The third kappa shape index (κ3) is 0.691. The van der Waals surface area contributed by atoms with Crippen LogP contribution in [0, 0.1) is 18.6 Å². The summed E-state index contributed by atoms with van der Waals surface area (Å²) in [6.45, 7) is 1.52. The van der Waals surface area contributed by atoms with Gasteiger partial charge >= 0.3 is 0 Å². The van der Waals surface area contributed by atoms with Crippen molar-refractivity contribution in [3.8, 4) is 0 Å². The Morgan fingerprint density at radius 1 is 1.45 bits per heavy atom. The Kier molecular flexibility index (Phi) is 1.07. The van der Waals surface area contributed by atoms with Crippen LogP contribution in [0.25, 0.3) is 11.1 Å². The number of H-pyrrole nitrogens is 1. The first-order chi connectivity index (χ1) is 5.20. The van der Waals surface area contributed by atoms with Gasteiger partial charge in [0.2, 0.25) is 5.71 Å². The lowest BCUT2D eigenvalue weighted by atomic mass is 10.3. The van der Waals surface area contributed by atoms with E-state index in [-0.39, 0.29) is 11.1 Å². The largest absolute Gasteiger partial charge is 0.445 e. The molecule has 0 aromatic carbocycles. The van der Waals surface area contributed by atoms with Gasteiger partial charge in [0.05, 0.1) is 5.69 Å². The van der Waals surface area contributed by atoms with Crippen molar-refractivity contribution in [2.45, 2.75) is 6.92 Å². The Morgan fingerprint density at radius 3 is 2.82 bits per heavy atom. The zero-order valence-corrected chi connectivity index (χ0v) is 5.74. The second-order valence-corrected chi connectivity index (χ2v) is 2.35. The summed E-state index contributed by atoms with van der Waals surface area (Å²) in [5.74, 6) is -1.24. The fourth-order valence-corrected chi connectivity index (χ4v) is 1.05. The summed E-state index contributed by atoms with van der Waals surface area (Å²) in [6.07, 6.45) is 0.879. The predicted molar refractivity (Wildman–Crippen MR) is 35.2 cm³/mol. The SMILES string of the molecule is Cc1[nH]c2occ(F)c2c1F. The molecule has 0 aliphatic heterocycles. The Bertz CT molecular complexity index is 402. The molecule has 0 amide bonds. The number of hydrogen-bond acceptors (Lipinski definition) is 1. The number of aromatic nitrogens is 1. The van der Waals surface area contributed by atoms with Gasteiger partial charge in [-0.05, 0) is 6.92 Å². The van der Waals surface area contributed by atoms with Gasteiger partial charge in [0.25, 0.3) is 0 Å². The second-order valence-electron chi connectivity index (χ2n) is 2.35. The highest BCUT2D eigenvalue weighted by molar-refractivity contribution is 5.76. The van der Waals surface area contributed by atoms with Crippen molar-refractivity contribution < 1.29 is 13.2 Å². The summed E-state index contributed by atoms with van der Waals surface area (Å²) in [5, 5.41) is -0.0949. The molecule has 0 spiro atoms. The molecule has 0 saturated carbocycles. The molecule has 0 aliphatic carbocycles. The average molecular weight is 157 g/mol. The van der Waals surface area contributed by atoms with E-state index in [0.29, 0.717) is 5.69 Å². The van der Waals surface area contributed by atoms with E-state index in [4.69, 9.17) is 0 Å². The molecular formula is C7H5F2NO. The molecule has 0 aliphatic rings. The fourth-order valence-electron chi connectivity index (χ4n) is 1.05. The van der Waals surface area contributed by atoms with Crippen LogP contribution in [0.1, 0.15) is 5.69 Å². The van der Waals surface area contributed by atoms with Gasteiger partial charge in [-0.15, -0.1) is 0 Å². The van der Waals surface area contributed by atoms with Gasteiger partial charge in [-0.25, -0.2) is 8.78 Å². The molecule has 0 fully saturated rings. The first-order valence-corrected chi connectivity index (χ1v) is 3.11. The van der Waals surface area contributed by atoms with Gasteiger partial charge in [0, 0.05) is 0 Å². The van der Waals surface area contributed by atoms with Gasteiger partial charge in [-0.2, -0.15) is 0 Å². The van der Waals surface area contributed by atoms with Crippen molar-refractivity contribution in [2.75, 3.05) is 0 Å². The van der Waals surface area contributed by atoms with Crippen molar-refractivity contribution >= 4 is 11.1 Å². The smallest absolute Gasteiger partial charge is 0.210 e. The molecule has 4 heteroatoms. The lowest BCUT2D eigenvalue weighted by molar-refractivity contribution is 0.547. The molecule has 0 bridgehead atoms. The standard InChI is InChI=1S/C7H5F2NO/c1-3-6(9)5-4(8)2-11-7(5)10-3/h2,10H,1H3. The summed E-state index contributed by atoms with van der Waals surface area (Å²) < 4.78 is 30.3. The van der Waals surface area contributed by atoms with E-state index in [2.05, 4.69) is 9.40 Å². The Labute approximate surface area is 60.8 Å². The number of hydrogen-bond donors (Lipinski definition) is 1. The van der Waals surface area contributed by atoms with Crippen LogP contribution in [0.5, 0.6) is 0 Å². The lowest BCUT2D eigenvalue weighted by Crippen LogP contribution is -1.75. The molecule has 2 heterocycles. The summed E-state index contributed by atoms with van der Waals surface area (Å²) in [5.41, 5.74) is 0.441. The molecule has 0 radical (unpaired) electrons. The van der Waals surface area contributed by atoms with Gasteiger partial charge in [-0.3, -0.25) is 0 Å². The minimum absolute atomic E-state index is 0.0949. The van der Waals surface area contributed by atoms with Crippen LogP contribution in [-0.4, -0.2) is 4.98 Å². The molecule has 2 rings (SSSR count).